The maximum absolute atomic E-state index is 13.7. The van der Waals surface area contributed by atoms with E-state index in [9.17, 15) is 20.0 Å². The van der Waals surface area contributed by atoms with Crippen LogP contribution in [0.4, 0.5) is 10.6 Å². The Kier molecular flexibility index (Phi) is 9.25. The number of ether oxygens (including phenoxy) is 1. The Bertz CT molecular complexity index is 1520. The van der Waals surface area contributed by atoms with E-state index in [0.29, 0.717) is 88.0 Å². The number of aromatic nitrogens is 3. The fourth-order valence-electron chi connectivity index (χ4n) is 6.27. The molecule has 1 atom stereocenters. The Balaban J connectivity index is 1.34. The zero-order valence-electron chi connectivity index (χ0n) is 26.0. The number of anilines is 1. The molecule has 3 aromatic heterocycles. The first-order chi connectivity index (χ1) is 21.1. The molecule has 0 bridgehead atoms. The topological polar surface area (TPSA) is 139 Å². The van der Waals surface area contributed by atoms with Crippen molar-refractivity contribution in [2.75, 3.05) is 57.3 Å². The minimum Gasteiger partial charge on any atom is -0.492 e. The Labute approximate surface area is 258 Å². The molecule has 0 aliphatic carbocycles. The van der Waals surface area contributed by atoms with Crippen LogP contribution in [0, 0.1) is 22.7 Å². The number of nitrogens with zero attached hydrogens (tertiary/aromatic N) is 7. The summed E-state index contributed by atoms with van der Waals surface area (Å²) in [6.45, 7) is 12.7. The summed E-state index contributed by atoms with van der Waals surface area (Å²) in [4.78, 5) is 36.0. The quantitative estimate of drug-likeness (QED) is 0.375. The first-order valence-corrected chi connectivity index (χ1v) is 15.4. The average Bonchev–Trinajstić information content (AvgIpc) is 3.44. The van der Waals surface area contributed by atoms with Gasteiger partial charge in [0.15, 0.2) is 0 Å². The number of nitriles is 1. The smallest absolute Gasteiger partial charge is 0.407 e. The fourth-order valence-corrected chi connectivity index (χ4v) is 6.27. The van der Waals surface area contributed by atoms with Crippen molar-refractivity contribution in [2.45, 2.75) is 46.6 Å². The van der Waals surface area contributed by atoms with E-state index in [-0.39, 0.29) is 11.9 Å². The molecular formula is C32H42N8O4. The van der Waals surface area contributed by atoms with Gasteiger partial charge >= 0.3 is 6.09 Å². The lowest BCUT2D eigenvalue weighted by molar-refractivity contribution is -0.134. The van der Waals surface area contributed by atoms with E-state index in [2.05, 4.69) is 40.1 Å². The summed E-state index contributed by atoms with van der Waals surface area (Å²) in [7, 11) is 0. The number of rotatable bonds is 9. The molecule has 0 aromatic carbocycles. The van der Waals surface area contributed by atoms with E-state index in [1.165, 1.54) is 4.90 Å². The second-order valence-electron chi connectivity index (χ2n) is 12.3. The number of hydrogen-bond donors (Lipinski definition) is 2. The first-order valence-electron chi connectivity index (χ1n) is 15.4. The number of carbonyl (C=O) groups excluding carboxylic acids is 1. The molecule has 5 rings (SSSR count). The van der Waals surface area contributed by atoms with E-state index in [0.717, 1.165) is 16.9 Å². The van der Waals surface area contributed by atoms with Crippen molar-refractivity contribution in [3.05, 3.63) is 42.4 Å². The maximum Gasteiger partial charge on any atom is 0.407 e. The molecule has 44 heavy (non-hydrogen) atoms. The van der Waals surface area contributed by atoms with Crippen LogP contribution in [-0.2, 0) is 4.79 Å². The number of hydrogen-bond acceptors (Lipinski definition) is 8. The molecular weight excluding hydrogens is 560 g/mol. The summed E-state index contributed by atoms with van der Waals surface area (Å²) >= 11 is 0. The number of nitrogens with one attached hydrogen (secondary N) is 1. The molecule has 0 saturated carbocycles. The Morgan fingerprint density at radius 1 is 1.20 bits per heavy atom. The van der Waals surface area contributed by atoms with Crippen molar-refractivity contribution in [3.8, 4) is 22.9 Å². The zero-order valence-corrected chi connectivity index (χ0v) is 26.0. The van der Waals surface area contributed by atoms with Crippen LogP contribution in [0.15, 0.2) is 36.8 Å². The molecule has 3 aromatic rings. The van der Waals surface area contributed by atoms with Gasteiger partial charge in [-0.05, 0) is 50.8 Å². The minimum absolute atomic E-state index is 0.0342. The van der Waals surface area contributed by atoms with Crippen LogP contribution in [0.3, 0.4) is 0 Å². The lowest BCUT2D eigenvalue weighted by atomic mass is 9.76. The van der Waals surface area contributed by atoms with Gasteiger partial charge in [0.25, 0.3) is 0 Å². The molecule has 12 heteroatoms. The van der Waals surface area contributed by atoms with Gasteiger partial charge in [-0.1, -0.05) is 13.8 Å². The van der Waals surface area contributed by atoms with Gasteiger partial charge in [0.1, 0.15) is 17.6 Å². The molecule has 2 N–H and O–H groups in total. The second kappa shape index (κ2) is 13.1. The summed E-state index contributed by atoms with van der Waals surface area (Å²) < 4.78 is 7.42. The van der Waals surface area contributed by atoms with Crippen LogP contribution in [0.1, 0.15) is 46.1 Å². The third kappa shape index (κ3) is 6.43. The van der Waals surface area contributed by atoms with Crippen molar-refractivity contribution in [2.24, 2.45) is 11.3 Å². The minimum atomic E-state index is -0.894. The molecule has 12 nitrogen and oxygen atoms in total. The molecule has 2 aliphatic heterocycles. The van der Waals surface area contributed by atoms with Gasteiger partial charge in [-0.2, -0.15) is 10.4 Å². The van der Waals surface area contributed by atoms with Gasteiger partial charge < -0.3 is 25.0 Å². The highest BCUT2D eigenvalue weighted by atomic mass is 16.5. The number of fused-ring (bicyclic) bond motifs is 1. The predicted octanol–water partition coefficient (Wildman–Crippen LogP) is 3.71. The molecule has 0 radical (unpaired) electrons. The van der Waals surface area contributed by atoms with Crippen LogP contribution < -0.4 is 15.0 Å². The van der Waals surface area contributed by atoms with Gasteiger partial charge in [-0.15, -0.1) is 0 Å². The lowest BCUT2D eigenvalue weighted by Crippen LogP contribution is -2.60. The van der Waals surface area contributed by atoms with Crippen molar-refractivity contribution < 1.29 is 19.4 Å². The van der Waals surface area contributed by atoms with Gasteiger partial charge in [0, 0.05) is 69.2 Å². The Morgan fingerprint density at radius 2 is 1.98 bits per heavy atom. The van der Waals surface area contributed by atoms with Crippen molar-refractivity contribution >= 4 is 23.3 Å². The molecule has 5 heterocycles. The summed E-state index contributed by atoms with van der Waals surface area (Å²) in [5.74, 6) is 1.92. The summed E-state index contributed by atoms with van der Waals surface area (Å²) in [5, 5.41) is 26.6. The largest absolute Gasteiger partial charge is 0.492 e. The summed E-state index contributed by atoms with van der Waals surface area (Å²) in [5.41, 5.74) is 2.30. The highest BCUT2D eigenvalue weighted by Crippen LogP contribution is 2.37. The highest BCUT2D eigenvalue weighted by Gasteiger charge is 2.44. The van der Waals surface area contributed by atoms with E-state index in [1.807, 2.05) is 38.2 Å². The van der Waals surface area contributed by atoms with E-state index < -0.39 is 11.5 Å². The lowest BCUT2D eigenvalue weighted by Gasteiger charge is -2.47. The van der Waals surface area contributed by atoms with Crippen LogP contribution >= 0.6 is 0 Å². The maximum atomic E-state index is 13.7. The third-order valence-electron chi connectivity index (χ3n) is 8.82. The van der Waals surface area contributed by atoms with Crippen LogP contribution in [0.2, 0.25) is 0 Å². The molecule has 2 fully saturated rings. The van der Waals surface area contributed by atoms with E-state index in [4.69, 9.17) is 9.72 Å². The van der Waals surface area contributed by atoms with E-state index >= 15 is 0 Å². The fraction of sp³-hybridized carbons (Fsp3) is 0.531. The summed E-state index contributed by atoms with van der Waals surface area (Å²) in [6, 6.07) is 8.17. The Morgan fingerprint density at radius 3 is 2.59 bits per heavy atom. The van der Waals surface area contributed by atoms with Crippen molar-refractivity contribution in [3.63, 3.8) is 0 Å². The average molecular weight is 603 g/mol. The SMILES string of the molecule is CCOc1cc(-c2ccc(N3CCC(CN4CCN(C(=O)O)C[C@@H]4C)(C(=O)NCC(C)C)CC3)nc2)c2c(C#N)cnn2c1. The van der Waals surface area contributed by atoms with Crippen molar-refractivity contribution in [1.82, 2.24) is 29.7 Å². The standard InChI is InChI=1S/C32H42N8O4/c1-5-44-26-14-27(29-25(15-33)18-36-40(29)20-26)24-6-7-28(34-17-24)37-10-8-32(9-11-37,30(41)35-16-22(2)3)21-39-13-12-38(31(42)43)19-23(39)4/h6-7,14,17-18,20,22-23H,5,8-13,16,19,21H2,1-4H3,(H,35,41)(H,42,43)/t23-/m0/s1. The first kappa shape index (κ1) is 31.1. The second-order valence-corrected chi connectivity index (χ2v) is 12.3. The van der Waals surface area contributed by atoms with Crippen molar-refractivity contribution in [1.29, 1.82) is 5.26 Å². The van der Waals surface area contributed by atoms with E-state index in [1.54, 1.807) is 16.9 Å². The number of carbonyl (C=O) groups is 2. The molecule has 234 valence electrons. The number of carboxylic acid groups (broad SMARTS) is 1. The predicted molar refractivity (Wildman–Crippen MR) is 167 cm³/mol. The summed E-state index contributed by atoms with van der Waals surface area (Å²) in [6.07, 6.45) is 5.59. The number of piperazine rings is 1. The number of amides is 2. The van der Waals surface area contributed by atoms with Crippen LogP contribution in [0.25, 0.3) is 16.6 Å². The zero-order chi connectivity index (χ0) is 31.4. The monoisotopic (exact) mass is 602 g/mol. The highest BCUT2D eigenvalue weighted by molar-refractivity contribution is 5.85. The van der Waals surface area contributed by atoms with Crippen LogP contribution in [0.5, 0.6) is 5.75 Å². The molecule has 0 unspecified atom stereocenters. The molecule has 0 spiro atoms. The van der Waals surface area contributed by atoms with Gasteiger partial charge in [-0.25, -0.2) is 14.3 Å². The molecule has 2 saturated heterocycles. The number of pyridine rings is 2. The van der Waals surface area contributed by atoms with Gasteiger partial charge in [-0.3, -0.25) is 9.69 Å². The normalized spacial score (nSPS) is 18.8. The van der Waals surface area contributed by atoms with Gasteiger partial charge in [0.2, 0.25) is 5.91 Å². The number of piperidine rings is 1. The van der Waals surface area contributed by atoms with Gasteiger partial charge in [0.05, 0.1) is 35.5 Å². The Hall–Kier alpha value is -4.37. The third-order valence-corrected chi connectivity index (χ3v) is 8.82. The molecule has 2 amide bonds. The van der Waals surface area contributed by atoms with Crippen LogP contribution in [-0.4, -0.2) is 100.0 Å². The molecule has 2 aliphatic rings.